The molecule has 1 saturated carbocycles. The van der Waals surface area contributed by atoms with Crippen LogP contribution in [0.4, 0.5) is 0 Å². The van der Waals surface area contributed by atoms with E-state index in [9.17, 15) is 4.79 Å². The SMILES string of the molecule is O=C(CSc1nc2cc(Cl)ccc2n1Cc1ccccc1)NCC1CC1. The normalized spacial score (nSPS) is 13.9. The number of aromatic nitrogens is 2. The highest BCUT2D eigenvalue weighted by Crippen LogP contribution is 2.28. The number of benzene rings is 2. The lowest BCUT2D eigenvalue weighted by molar-refractivity contribution is -0.118. The monoisotopic (exact) mass is 385 g/mol. The molecule has 1 aromatic heterocycles. The number of hydrogen-bond donors (Lipinski definition) is 1. The molecular weight excluding hydrogens is 366 g/mol. The summed E-state index contributed by atoms with van der Waals surface area (Å²) in [6.07, 6.45) is 2.47. The zero-order valence-corrected chi connectivity index (χ0v) is 15.9. The molecule has 0 unspecified atom stereocenters. The maximum atomic E-state index is 12.1. The van der Waals surface area contributed by atoms with E-state index >= 15 is 0 Å². The number of amides is 1. The van der Waals surface area contributed by atoms with Gasteiger partial charge in [-0.25, -0.2) is 4.98 Å². The molecule has 1 aliphatic rings. The van der Waals surface area contributed by atoms with Crippen molar-refractivity contribution in [2.75, 3.05) is 12.3 Å². The van der Waals surface area contributed by atoms with E-state index in [1.807, 2.05) is 36.4 Å². The first kappa shape index (κ1) is 17.4. The summed E-state index contributed by atoms with van der Waals surface area (Å²) in [5, 5.41) is 4.52. The lowest BCUT2D eigenvalue weighted by Gasteiger charge is -2.09. The fraction of sp³-hybridized carbons (Fsp3) is 0.300. The van der Waals surface area contributed by atoms with Gasteiger partial charge in [0, 0.05) is 11.6 Å². The second-order valence-corrected chi connectivity index (χ2v) is 8.01. The van der Waals surface area contributed by atoms with Crippen LogP contribution in [0.5, 0.6) is 0 Å². The van der Waals surface area contributed by atoms with Crippen LogP contribution in [-0.4, -0.2) is 27.8 Å². The van der Waals surface area contributed by atoms with Gasteiger partial charge in [0.15, 0.2) is 5.16 Å². The van der Waals surface area contributed by atoms with Gasteiger partial charge < -0.3 is 9.88 Å². The summed E-state index contributed by atoms with van der Waals surface area (Å²) in [7, 11) is 0. The van der Waals surface area contributed by atoms with E-state index in [0.29, 0.717) is 23.2 Å². The highest BCUT2D eigenvalue weighted by atomic mass is 35.5. The standard InChI is InChI=1S/C20H20ClN3OS/c21-16-8-9-18-17(10-16)23-20(24(18)12-15-4-2-1-3-5-15)26-13-19(25)22-11-14-6-7-14/h1-5,8-10,14H,6-7,11-13H2,(H,22,25). The van der Waals surface area contributed by atoms with E-state index in [2.05, 4.69) is 22.0 Å². The molecule has 26 heavy (non-hydrogen) atoms. The fourth-order valence-corrected chi connectivity index (χ4v) is 3.88. The van der Waals surface area contributed by atoms with Crippen LogP contribution in [0, 0.1) is 5.92 Å². The quantitative estimate of drug-likeness (QED) is 0.615. The molecule has 1 aliphatic carbocycles. The smallest absolute Gasteiger partial charge is 0.230 e. The second kappa shape index (κ2) is 7.72. The van der Waals surface area contributed by atoms with Crippen molar-refractivity contribution in [3.05, 3.63) is 59.1 Å². The summed E-state index contributed by atoms with van der Waals surface area (Å²) in [6, 6.07) is 16.0. The number of halogens is 1. The molecule has 1 amide bonds. The minimum atomic E-state index is 0.0678. The van der Waals surface area contributed by atoms with Gasteiger partial charge in [-0.2, -0.15) is 0 Å². The zero-order chi connectivity index (χ0) is 17.9. The molecule has 6 heteroatoms. The Morgan fingerprint density at radius 2 is 2.04 bits per heavy atom. The lowest BCUT2D eigenvalue weighted by atomic mass is 10.2. The molecule has 0 bridgehead atoms. The van der Waals surface area contributed by atoms with Crippen LogP contribution in [0.15, 0.2) is 53.7 Å². The third kappa shape index (κ3) is 4.22. The molecule has 0 spiro atoms. The first-order valence-corrected chi connectivity index (χ1v) is 10.1. The summed E-state index contributed by atoms with van der Waals surface area (Å²) in [5.74, 6) is 1.13. The van der Waals surface area contributed by atoms with Gasteiger partial charge in [-0.05, 0) is 42.5 Å². The van der Waals surface area contributed by atoms with Crippen molar-refractivity contribution in [1.29, 1.82) is 0 Å². The van der Waals surface area contributed by atoms with Crippen molar-refractivity contribution in [1.82, 2.24) is 14.9 Å². The van der Waals surface area contributed by atoms with Crippen LogP contribution in [0.3, 0.4) is 0 Å². The Hall–Kier alpha value is -1.98. The van der Waals surface area contributed by atoms with Gasteiger partial charge in [-0.1, -0.05) is 53.7 Å². The summed E-state index contributed by atoms with van der Waals surface area (Å²) in [6.45, 7) is 1.51. The highest BCUT2D eigenvalue weighted by molar-refractivity contribution is 7.99. The van der Waals surface area contributed by atoms with E-state index in [-0.39, 0.29) is 5.91 Å². The molecule has 2 aromatic carbocycles. The fourth-order valence-electron chi connectivity index (χ4n) is 2.87. The number of nitrogens with one attached hydrogen (secondary N) is 1. The topological polar surface area (TPSA) is 46.9 Å². The predicted octanol–water partition coefficient (Wildman–Crippen LogP) is 4.36. The van der Waals surface area contributed by atoms with Gasteiger partial charge in [-0.3, -0.25) is 4.79 Å². The number of carbonyl (C=O) groups is 1. The predicted molar refractivity (Wildman–Crippen MR) is 107 cm³/mol. The Morgan fingerprint density at radius 1 is 1.23 bits per heavy atom. The van der Waals surface area contributed by atoms with E-state index in [4.69, 9.17) is 16.6 Å². The van der Waals surface area contributed by atoms with Crippen LogP contribution in [0.1, 0.15) is 18.4 Å². The van der Waals surface area contributed by atoms with Gasteiger partial charge in [-0.15, -0.1) is 0 Å². The van der Waals surface area contributed by atoms with Crippen LogP contribution in [0.2, 0.25) is 5.02 Å². The van der Waals surface area contributed by atoms with Crippen molar-refractivity contribution in [2.45, 2.75) is 24.5 Å². The van der Waals surface area contributed by atoms with Gasteiger partial charge in [0.05, 0.1) is 23.3 Å². The molecule has 0 saturated heterocycles. The summed E-state index contributed by atoms with van der Waals surface area (Å²) >= 11 is 7.60. The Labute approximate surface area is 161 Å². The van der Waals surface area contributed by atoms with E-state index in [1.54, 1.807) is 0 Å². The van der Waals surface area contributed by atoms with Crippen molar-refractivity contribution < 1.29 is 4.79 Å². The Bertz CT molecular complexity index is 921. The maximum Gasteiger partial charge on any atom is 0.230 e. The number of rotatable bonds is 7. The van der Waals surface area contributed by atoms with Crippen molar-refractivity contribution in [3.8, 4) is 0 Å². The van der Waals surface area contributed by atoms with Crippen molar-refractivity contribution in [3.63, 3.8) is 0 Å². The van der Waals surface area contributed by atoms with Crippen LogP contribution >= 0.6 is 23.4 Å². The van der Waals surface area contributed by atoms with Crippen molar-refractivity contribution >= 4 is 40.3 Å². The van der Waals surface area contributed by atoms with E-state index in [0.717, 1.165) is 22.7 Å². The Morgan fingerprint density at radius 3 is 2.81 bits per heavy atom. The largest absolute Gasteiger partial charge is 0.355 e. The van der Waals surface area contributed by atoms with Gasteiger partial charge in [0.2, 0.25) is 5.91 Å². The third-order valence-electron chi connectivity index (χ3n) is 4.48. The molecule has 1 heterocycles. The van der Waals surface area contributed by atoms with Gasteiger partial charge in [0.25, 0.3) is 0 Å². The molecule has 1 fully saturated rings. The highest BCUT2D eigenvalue weighted by Gasteiger charge is 2.21. The van der Waals surface area contributed by atoms with Crippen LogP contribution in [0.25, 0.3) is 11.0 Å². The number of thioether (sulfide) groups is 1. The molecule has 0 atom stereocenters. The zero-order valence-electron chi connectivity index (χ0n) is 14.3. The number of imidazole rings is 1. The second-order valence-electron chi connectivity index (χ2n) is 6.64. The molecule has 4 nitrogen and oxygen atoms in total. The molecule has 1 N–H and O–H groups in total. The molecule has 0 radical (unpaired) electrons. The average Bonchev–Trinajstić information content (AvgIpc) is 3.42. The number of nitrogens with zero attached hydrogens (tertiary/aromatic N) is 2. The van der Waals surface area contributed by atoms with E-state index in [1.165, 1.54) is 30.2 Å². The molecule has 4 rings (SSSR count). The van der Waals surface area contributed by atoms with E-state index < -0.39 is 0 Å². The Balaban J connectivity index is 1.55. The number of hydrogen-bond acceptors (Lipinski definition) is 3. The number of carbonyl (C=O) groups excluding carboxylic acids is 1. The maximum absolute atomic E-state index is 12.1. The molecule has 0 aliphatic heterocycles. The summed E-state index contributed by atoms with van der Waals surface area (Å²) in [5.41, 5.74) is 3.08. The van der Waals surface area contributed by atoms with Gasteiger partial charge in [0.1, 0.15) is 0 Å². The van der Waals surface area contributed by atoms with Crippen LogP contribution < -0.4 is 5.32 Å². The first-order chi connectivity index (χ1) is 12.7. The lowest BCUT2D eigenvalue weighted by Crippen LogP contribution is -2.27. The van der Waals surface area contributed by atoms with Crippen LogP contribution in [-0.2, 0) is 11.3 Å². The van der Waals surface area contributed by atoms with Crippen molar-refractivity contribution in [2.24, 2.45) is 5.92 Å². The molecule has 134 valence electrons. The minimum absolute atomic E-state index is 0.0678. The summed E-state index contributed by atoms with van der Waals surface area (Å²) in [4.78, 5) is 16.8. The average molecular weight is 386 g/mol. The molecule has 3 aromatic rings. The third-order valence-corrected chi connectivity index (χ3v) is 5.69. The number of fused-ring (bicyclic) bond motifs is 1. The molecular formula is C20H20ClN3OS. The summed E-state index contributed by atoms with van der Waals surface area (Å²) < 4.78 is 2.15. The minimum Gasteiger partial charge on any atom is -0.355 e. The Kier molecular flexibility index (Phi) is 5.18. The van der Waals surface area contributed by atoms with Gasteiger partial charge >= 0.3 is 0 Å². The first-order valence-electron chi connectivity index (χ1n) is 8.78.